The second-order valence-electron chi connectivity index (χ2n) is 5.35. The fourth-order valence-electron chi connectivity index (χ4n) is 1.43. The van der Waals surface area contributed by atoms with Crippen LogP contribution in [0.3, 0.4) is 0 Å². The minimum Gasteiger partial charge on any atom is -0.444 e. The molecule has 0 spiro atoms. The predicted octanol–water partition coefficient (Wildman–Crippen LogP) is 3.69. The molecule has 1 amide bonds. The highest BCUT2D eigenvalue weighted by Gasteiger charge is 2.16. The third-order valence-corrected chi connectivity index (χ3v) is 2.29. The van der Waals surface area contributed by atoms with Crippen LogP contribution in [0.1, 0.15) is 41.0 Å². The maximum absolute atomic E-state index is 11.5. The lowest BCUT2D eigenvalue weighted by Crippen LogP contribution is -2.31. The topological polar surface area (TPSA) is 38.3 Å². The maximum Gasteiger partial charge on any atom is 0.412 e. The molecule has 0 heterocycles. The molecular formula is C14H21NO2. The van der Waals surface area contributed by atoms with Crippen LogP contribution in [0, 0.1) is 0 Å². The molecule has 1 rings (SSSR count). The Bertz CT molecular complexity index is 391. The van der Waals surface area contributed by atoms with Crippen LogP contribution < -0.4 is 5.32 Å². The summed E-state index contributed by atoms with van der Waals surface area (Å²) in [6, 6.07) is 0. The summed E-state index contributed by atoms with van der Waals surface area (Å²) in [6.07, 6.45) is 6.36. The molecule has 1 N–H and O–H groups in total. The van der Waals surface area contributed by atoms with E-state index in [2.05, 4.69) is 19.2 Å². The van der Waals surface area contributed by atoms with Gasteiger partial charge < -0.3 is 4.74 Å². The van der Waals surface area contributed by atoms with Gasteiger partial charge in [-0.05, 0) is 52.7 Å². The van der Waals surface area contributed by atoms with Gasteiger partial charge in [0.05, 0.1) is 0 Å². The zero-order valence-corrected chi connectivity index (χ0v) is 11.3. The van der Waals surface area contributed by atoms with Crippen molar-refractivity contribution in [2.24, 2.45) is 0 Å². The van der Waals surface area contributed by atoms with Crippen molar-refractivity contribution < 1.29 is 9.53 Å². The highest BCUT2D eigenvalue weighted by Crippen LogP contribution is 2.17. The van der Waals surface area contributed by atoms with Gasteiger partial charge in [0.1, 0.15) is 5.60 Å². The Morgan fingerprint density at radius 1 is 1.29 bits per heavy atom. The molecule has 0 unspecified atom stereocenters. The quantitative estimate of drug-likeness (QED) is 0.752. The molecule has 0 saturated carbocycles. The van der Waals surface area contributed by atoms with Gasteiger partial charge in [-0.1, -0.05) is 17.7 Å². The second kappa shape index (κ2) is 5.21. The fourth-order valence-corrected chi connectivity index (χ4v) is 1.43. The molecule has 0 saturated heterocycles. The summed E-state index contributed by atoms with van der Waals surface area (Å²) in [5.41, 5.74) is 2.92. The first-order chi connectivity index (χ1) is 7.78. The highest BCUT2D eigenvalue weighted by molar-refractivity contribution is 5.71. The first kappa shape index (κ1) is 13.6. The lowest BCUT2D eigenvalue weighted by atomic mass is 10.0. The van der Waals surface area contributed by atoms with Crippen molar-refractivity contribution >= 4 is 6.09 Å². The largest absolute Gasteiger partial charge is 0.444 e. The van der Waals surface area contributed by atoms with Gasteiger partial charge in [-0.2, -0.15) is 0 Å². The number of allylic oxidation sites excluding steroid dienone is 5. The van der Waals surface area contributed by atoms with Crippen LogP contribution in [0.25, 0.3) is 0 Å². The molecule has 3 nitrogen and oxygen atoms in total. The molecule has 0 radical (unpaired) electrons. The number of alkyl carbamates (subject to hydrolysis) is 1. The smallest absolute Gasteiger partial charge is 0.412 e. The fraction of sp³-hybridized carbons (Fsp3) is 0.500. The molecule has 0 fully saturated rings. The van der Waals surface area contributed by atoms with Crippen molar-refractivity contribution in [3.8, 4) is 0 Å². The van der Waals surface area contributed by atoms with Crippen molar-refractivity contribution in [1.82, 2.24) is 5.32 Å². The SMILES string of the molecule is CC(C)=C1C=CC(NC(=O)OC(C)(C)C)=CC1. The van der Waals surface area contributed by atoms with E-state index in [0.29, 0.717) is 0 Å². The monoisotopic (exact) mass is 235 g/mol. The van der Waals surface area contributed by atoms with E-state index >= 15 is 0 Å². The summed E-state index contributed by atoms with van der Waals surface area (Å²) >= 11 is 0. The number of carbonyl (C=O) groups excluding carboxylic acids is 1. The Morgan fingerprint density at radius 3 is 2.35 bits per heavy atom. The molecule has 0 aromatic rings. The summed E-state index contributed by atoms with van der Waals surface area (Å²) in [5, 5.41) is 2.73. The van der Waals surface area contributed by atoms with Gasteiger partial charge in [-0.15, -0.1) is 0 Å². The van der Waals surface area contributed by atoms with Crippen LogP contribution in [-0.4, -0.2) is 11.7 Å². The molecule has 3 heteroatoms. The first-order valence-electron chi connectivity index (χ1n) is 5.82. The highest BCUT2D eigenvalue weighted by atomic mass is 16.6. The third kappa shape index (κ3) is 4.89. The average Bonchev–Trinajstić information content (AvgIpc) is 2.15. The number of nitrogens with one attached hydrogen (secondary N) is 1. The van der Waals surface area contributed by atoms with Crippen molar-refractivity contribution in [2.45, 2.75) is 46.6 Å². The van der Waals surface area contributed by atoms with Crippen molar-refractivity contribution in [3.63, 3.8) is 0 Å². The van der Waals surface area contributed by atoms with Crippen LogP contribution >= 0.6 is 0 Å². The molecule has 1 aliphatic rings. The Morgan fingerprint density at radius 2 is 1.94 bits per heavy atom. The molecule has 0 atom stereocenters. The van der Waals surface area contributed by atoms with Crippen LogP contribution in [0.5, 0.6) is 0 Å². The molecule has 94 valence electrons. The predicted molar refractivity (Wildman–Crippen MR) is 69.6 cm³/mol. The summed E-state index contributed by atoms with van der Waals surface area (Å²) in [4.78, 5) is 11.5. The van der Waals surface area contributed by atoms with Gasteiger partial charge in [-0.3, -0.25) is 5.32 Å². The first-order valence-corrected chi connectivity index (χ1v) is 5.82. The van der Waals surface area contributed by atoms with E-state index in [4.69, 9.17) is 4.74 Å². The molecule has 0 bridgehead atoms. The minimum absolute atomic E-state index is 0.408. The van der Waals surface area contributed by atoms with E-state index in [0.717, 1.165) is 12.1 Å². The Balaban J connectivity index is 2.54. The zero-order valence-electron chi connectivity index (χ0n) is 11.3. The zero-order chi connectivity index (χ0) is 13.1. The summed E-state index contributed by atoms with van der Waals surface area (Å²) < 4.78 is 5.18. The van der Waals surface area contributed by atoms with Crippen molar-refractivity contribution in [3.05, 3.63) is 35.1 Å². The number of rotatable bonds is 1. The number of hydrogen-bond donors (Lipinski definition) is 1. The Hall–Kier alpha value is -1.51. The van der Waals surface area contributed by atoms with Gasteiger partial charge in [-0.25, -0.2) is 4.79 Å². The summed E-state index contributed by atoms with van der Waals surface area (Å²) in [6.45, 7) is 9.70. The lowest BCUT2D eigenvalue weighted by Gasteiger charge is -2.20. The van der Waals surface area contributed by atoms with E-state index in [-0.39, 0.29) is 0 Å². The van der Waals surface area contributed by atoms with Gasteiger partial charge in [0.15, 0.2) is 0 Å². The van der Waals surface area contributed by atoms with Gasteiger partial charge in [0.2, 0.25) is 0 Å². The van der Waals surface area contributed by atoms with Gasteiger partial charge in [0, 0.05) is 5.70 Å². The minimum atomic E-state index is -0.464. The third-order valence-electron chi connectivity index (χ3n) is 2.29. The standard InChI is InChI=1S/C14H21NO2/c1-10(2)11-6-8-12(9-7-11)15-13(16)17-14(3,4)5/h6,8-9H,7H2,1-5H3,(H,15,16). The molecule has 0 aliphatic heterocycles. The number of hydrogen-bond acceptors (Lipinski definition) is 2. The van der Waals surface area contributed by atoms with Crippen LogP contribution in [0.4, 0.5) is 4.79 Å². The van der Waals surface area contributed by atoms with Crippen molar-refractivity contribution in [1.29, 1.82) is 0 Å². The lowest BCUT2D eigenvalue weighted by molar-refractivity contribution is 0.0547. The Labute approximate surface area is 103 Å². The summed E-state index contributed by atoms with van der Waals surface area (Å²) in [7, 11) is 0. The number of ether oxygens (including phenoxy) is 1. The Kier molecular flexibility index (Phi) is 4.16. The summed E-state index contributed by atoms with van der Waals surface area (Å²) in [5.74, 6) is 0. The van der Waals surface area contributed by atoms with Crippen LogP contribution in [0.15, 0.2) is 35.1 Å². The van der Waals surface area contributed by atoms with E-state index in [1.165, 1.54) is 11.1 Å². The van der Waals surface area contributed by atoms with Crippen molar-refractivity contribution in [2.75, 3.05) is 0 Å². The van der Waals surface area contributed by atoms with Gasteiger partial charge in [0.25, 0.3) is 0 Å². The van der Waals surface area contributed by atoms with Gasteiger partial charge >= 0.3 is 6.09 Å². The van der Waals surface area contributed by atoms with E-state index in [9.17, 15) is 4.79 Å². The van der Waals surface area contributed by atoms with E-state index in [1.54, 1.807) is 0 Å². The molecule has 1 aliphatic carbocycles. The maximum atomic E-state index is 11.5. The van der Waals surface area contributed by atoms with E-state index in [1.807, 2.05) is 39.0 Å². The number of amides is 1. The van der Waals surface area contributed by atoms with Crippen LogP contribution in [-0.2, 0) is 4.74 Å². The molecular weight excluding hydrogens is 214 g/mol. The second-order valence-corrected chi connectivity index (χ2v) is 5.35. The molecule has 0 aromatic heterocycles. The molecule has 0 aromatic carbocycles. The average molecular weight is 235 g/mol. The molecule has 17 heavy (non-hydrogen) atoms. The van der Waals surface area contributed by atoms with E-state index < -0.39 is 11.7 Å². The number of carbonyl (C=O) groups is 1. The normalized spacial score (nSPS) is 15.4. The van der Waals surface area contributed by atoms with Crippen LogP contribution in [0.2, 0.25) is 0 Å².